The number of benzene rings is 3. The molecule has 228 valence electrons. The summed E-state index contributed by atoms with van der Waals surface area (Å²) in [6, 6.07) is 5.28. The van der Waals surface area contributed by atoms with Crippen LogP contribution in [0.4, 0.5) is 8.78 Å². The molecule has 3 aromatic carbocycles. The van der Waals surface area contributed by atoms with E-state index in [0.29, 0.717) is 35.3 Å². The molecule has 7 nitrogen and oxygen atoms in total. The maximum atomic E-state index is 15.6. The van der Waals surface area contributed by atoms with E-state index in [1.807, 2.05) is 20.8 Å². The molecule has 3 aromatic rings. The number of ether oxygens (including phenoxy) is 3. The summed E-state index contributed by atoms with van der Waals surface area (Å²) >= 11 is 0. The Bertz CT molecular complexity index is 1640. The van der Waals surface area contributed by atoms with Crippen molar-refractivity contribution in [3.63, 3.8) is 0 Å². The van der Waals surface area contributed by atoms with E-state index in [2.05, 4.69) is 0 Å². The van der Waals surface area contributed by atoms with Crippen LogP contribution in [0, 0.1) is 32.4 Å². The SMILES string of the molecule is COc1cc(F)cc(C(=O)N2Cc3c(C)c(-c4cc(F)c5c(c4C)CCCO5)c([C@H](OC(C)(C)C)C(=O)O)c(C)c3C2)c1. The second kappa shape index (κ2) is 11.3. The van der Waals surface area contributed by atoms with Gasteiger partial charge in [-0.15, -0.1) is 0 Å². The van der Waals surface area contributed by atoms with Gasteiger partial charge in [-0.1, -0.05) is 0 Å². The lowest BCUT2D eigenvalue weighted by Crippen LogP contribution is -2.29. The average molecular weight is 594 g/mol. The Kier molecular flexibility index (Phi) is 7.98. The van der Waals surface area contributed by atoms with E-state index in [0.717, 1.165) is 34.2 Å². The molecule has 1 N–H and O–H groups in total. The molecule has 1 atom stereocenters. The van der Waals surface area contributed by atoms with Gasteiger partial charge in [0.05, 0.1) is 19.3 Å². The first-order valence-corrected chi connectivity index (χ1v) is 14.4. The maximum absolute atomic E-state index is 15.6. The van der Waals surface area contributed by atoms with Crippen LogP contribution in [0.2, 0.25) is 0 Å². The van der Waals surface area contributed by atoms with Crippen molar-refractivity contribution in [2.45, 2.75) is 79.2 Å². The number of fused-ring (bicyclic) bond motifs is 2. The molecule has 43 heavy (non-hydrogen) atoms. The van der Waals surface area contributed by atoms with Gasteiger partial charge < -0.3 is 24.2 Å². The van der Waals surface area contributed by atoms with Gasteiger partial charge in [0.15, 0.2) is 17.7 Å². The van der Waals surface area contributed by atoms with Gasteiger partial charge in [0.25, 0.3) is 5.91 Å². The summed E-state index contributed by atoms with van der Waals surface area (Å²) in [7, 11) is 1.40. The minimum absolute atomic E-state index is 0.146. The molecule has 0 unspecified atom stereocenters. The Morgan fingerprint density at radius 2 is 1.65 bits per heavy atom. The third kappa shape index (κ3) is 5.58. The maximum Gasteiger partial charge on any atom is 0.337 e. The number of carbonyl (C=O) groups excluding carboxylic acids is 1. The number of nitrogens with zero attached hydrogens (tertiary/aromatic N) is 1. The van der Waals surface area contributed by atoms with Gasteiger partial charge in [0.2, 0.25) is 0 Å². The molecule has 2 aliphatic rings. The van der Waals surface area contributed by atoms with E-state index in [1.54, 1.807) is 25.7 Å². The lowest BCUT2D eigenvalue weighted by molar-refractivity contribution is -0.160. The van der Waals surface area contributed by atoms with E-state index < -0.39 is 29.3 Å². The summed E-state index contributed by atoms with van der Waals surface area (Å²) in [5, 5.41) is 10.5. The van der Waals surface area contributed by atoms with Crippen molar-refractivity contribution in [3.8, 4) is 22.6 Å². The normalized spacial score (nSPS) is 15.0. The molecule has 0 aliphatic carbocycles. The second-order valence-corrected chi connectivity index (χ2v) is 12.3. The zero-order valence-electron chi connectivity index (χ0n) is 25.6. The van der Waals surface area contributed by atoms with Crippen LogP contribution in [0.3, 0.4) is 0 Å². The molecule has 2 heterocycles. The Balaban J connectivity index is 1.72. The highest BCUT2D eigenvalue weighted by atomic mass is 19.1. The van der Waals surface area contributed by atoms with E-state index in [9.17, 15) is 19.1 Å². The Morgan fingerprint density at radius 1 is 0.977 bits per heavy atom. The Hall–Kier alpha value is -3.98. The van der Waals surface area contributed by atoms with Gasteiger partial charge in [-0.2, -0.15) is 0 Å². The van der Waals surface area contributed by atoms with Crippen LogP contribution in [0.5, 0.6) is 11.5 Å². The van der Waals surface area contributed by atoms with E-state index in [-0.39, 0.29) is 36.1 Å². The van der Waals surface area contributed by atoms with E-state index in [1.165, 1.54) is 31.4 Å². The van der Waals surface area contributed by atoms with Gasteiger partial charge in [-0.3, -0.25) is 4.79 Å². The minimum Gasteiger partial charge on any atom is -0.497 e. The number of carboxylic acids is 1. The van der Waals surface area contributed by atoms with Gasteiger partial charge in [0, 0.05) is 35.8 Å². The monoisotopic (exact) mass is 593 g/mol. The fraction of sp³-hybridized carbons (Fsp3) is 0.412. The summed E-state index contributed by atoms with van der Waals surface area (Å²) < 4.78 is 46.8. The fourth-order valence-corrected chi connectivity index (χ4v) is 6.33. The minimum atomic E-state index is -1.36. The summed E-state index contributed by atoms with van der Waals surface area (Å²) in [6.45, 7) is 11.8. The molecule has 0 fully saturated rings. The number of carboxylic acid groups (broad SMARTS) is 1. The molecule has 0 aromatic heterocycles. The Morgan fingerprint density at radius 3 is 2.28 bits per heavy atom. The van der Waals surface area contributed by atoms with Crippen molar-refractivity contribution in [2.75, 3.05) is 13.7 Å². The van der Waals surface area contributed by atoms with Gasteiger partial charge in [-0.05, 0) is 112 Å². The van der Waals surface area contributed by atoms with Gasteiger partial charge in [-0.25, -0.2) is 13.6 Å². The fourth-order valence-electron chi connectivity index (χ4n) is 6.33. The van der Waals surface area contributed by atoms with E-state index in [4.69, 9.17) is 14.2 Å². The predicted molar refractivity (Wildman–Crippen MR) is 158 cm³/mol. The third-order valence-corrected chi connectivity index (χ3v) is 8.32. The molecule has 2 aliphatic heterocycles. The number of methoxy groups -OCH3 is 1. The van der Waals surface area contributed by atoms with Crippen LogP contribution in [0.25, 0.3) is 11.1 Å². The molecule has 0 saturated heterocycles. The van der Waals surface area contributed by atoms with Crippen LogP contribution < -0.4 is 9.47 Å². The summed E-state index contributed by atoms with van der Waals surface area (Å²) in [4.78, 5) is 28.0. The van der Waals surface area contributed by atoms with Crippen molar-refractivity contribution < 1.29 is 37.7 Å². The van der Waals surface area contributed by atoms with Gasteiger partial charge >= 0.3 is 5.97 Å². The van der Waals surface area contributed by atoms with Gasteiger partial charge in [0.1, 0.15) is 11.6 Å². The van der Waals surface area contributed by atoms with Crippen molar-refractivity contribution in [3.05, 3.63) is 80.4 Å². The topological polar surface area (TPSA) is 85.3 Å². The number of amides is 1. The number of aliphatic carboxylic acids is 1. The molecule has 0 radical (unpaired) electrons. The van der Waals surface area contributed by atoms with Crippen LogP contribution in [0.1, 0.15) is 82.6 Å². The number of halogens is 2. The second-order valence-electron chi connectivity index (χ2n) is 12.3. The summed E-state index contributed by atoms with van der Waals surface area (Å²) in [5.74, 6) is -2.17. The lowest BCUT2D eigenvalue weighted by atomic mass is 9.81. The summed E-state index contributed by atoms with van der Waals surface area (Å²) in [6.07, 6.45) is 0.0364. The van der Waals surface area contributed by atoms with Crippen molar-refractivity contribution in [1.29, 1.82) is 0 Å². The molecule has 0 spiro atoms. The smallest absolute Gasteiger partial charge is 0.337 e. The van der Waals surface area contributed by atoms with Crippen LogP contribution in [-0.4, -0.2) is 41.2 Å². The van der Waals surface area contributed by atoms with Crippen LogP contribution in [0.15, 0.2) is 24.3 Å². The Labute approximate surface area is 250 Å². The van der Waals surface area contributed by atoms with Crippen LogP contribution in [-0.2, 0) is 29.0 Å². The predicted octanol–water partition coefficient (Wildman–Crippen LogP) is 6.99. The number of hydrogen-bond donors (Lipinski definition) is 1. The number of rotatable bonds is 6. The lowest BCUT2D eigenvalue weighted by Gasteiger charge is -2.31. The van der Waals surface area contributed by atoms with Crippen molar-refractivity contribution >= 4 is 11.9 Å². The van der Waals surface area contributed by atoms with E-state index >= 15 is 4.39 Å². The first-order valence-electron chi connectivity index (χ1n) is 14.4. The summed E-state index contributed by atoms with van der Waals surface area (Å²) in [5.41, 5.74) is 5.57. The number of carbonyl (C=O) groups is 2. The zero-order valence-corrected chi connectivity index (χ0v) is 25.6. The molecule has 1 amide bonds. The largest absolute Gasteiger partial charge is 0.497 e. The molecule has 5 rings (SSSR count). The quantitative estimate of drug-likeness (QED) is 0.332. The van der Waals surface area contributed by atoms with Crippen molar-refractivity contribution in [1.82, 2.24) is 4.90 Å². The standard InChI is InChI=1S/C34H37F2NO6/c1-17-23-9-8-10-42-30(23)27(36)14-24(17)28-18(2)25-15-37(32(38)20-11-21(35)13-22(12-20)41-7)16-26(25)19(3)29(28)31(33(39)40)43-34(4,5)6/h11-14,31H,8-10,15-16H2,1-7H3,(H,39,40)/t31-/m0/s1. The average Bonchev–Trinajstić information content (AvgIpc) is 3.41. The first-order chi connectivity index (χ1) is 20.2. The first kappa shape index (κ1) is 30.5. The molecular formula is C34H37F2NO6. The highest BCUT2D eigenvalue weighted by Gasteiger charge is 2.37. The third-order valence-electron chi connectivity index (χ3n) is 8.32. The molecular weight excluding hydrogens is 556 g/mol. The molecule has 0 saturated carbocycles. The van der Waals surface area contributed by atoms with Crippen LogP contribution >= 0.6 is 0 Å². The molecule has 9 heteroatoms. The number of hydrogen-bond acceptors (Lipinski definition) is 5. The molecule has 0 bridgehead atoms. The van der Waals surface area contributed by atoms with Crippen molar-refractivity contribution in [2.24, 2.45) is 0 Å². The zero-order chi connectivity index (χ0) is 31.4. The highest BCUT2D eigenvalue weighted by Crippen LogP contribution is 2.47. The highest BCUT2D eigenvalue weighted by molar-refractivity contribution is 5.95.